The van der Waals surface area contributed by atoms with Crippen LogP contribution in [0.2, 0.25) is 0 Å². The van der Waals surface area contributed by atoms with E-state index in [0.29, 0.717) is 16.9 Å². The monoisotopic (exact) mass is 517 g/mol. The highest BCUT2D eigenvalue weighted by molar-refractivity contribution is 8.26. The fraction of sp³-hybridized carbons (Fsp3) is 0.310. The van der Waals surface area contributed by atoms with Crippen LogP contribution in [0.3, 0.4) is 0 Å². The molecule has 0 spiro atoms. The summed E-state index contributed by atoms with van der Waals surface area (Å²) in [7, 11) is 0. The molecule has 2 fully saturated rings. The van der Waals surface area contributed by atoms with Gasteiger partial charge in [-0.1, -0.05) is 74.1 Å². The van der Waals surface area contributed by atoms with Gasteiger partial charge >= 0.3 is 5.97 Å². The Balaban J connectivity index is 1.35. The minimum absolute atomic E-state index is 0.281. The summed E-state index contributed by atoms with van der Waals surface area (Å²) in [6, 6.07) is 16.1. The summed E-state index contributed by atoms with van der Waals surface area (Å²) < 4.78 is 0.281. The maximum Gasteiger partial charge on any atom is 0.323 e. The van der Waals surface area contributed by atoms with Crippen LogP contribution in [0.1, 0.15) is 61.6 Å². The molecule has 1 N–H and O–H groups in total. The molecule has 36 heavy (non-hydrogen) atoms. The number of carbonyl (C=O) groups excluding carboxylic acids is 1. The van der Waals surface area contributed by atoms with Gasteiger partial charge in [-0.3, -0.25) is 14.5 Å². The van der Waals surface area contributed by atoms with Crippen LogP contribution < -0.4 is 4.90 Å². The van der Waals surface area contributed by atoms with E-state index in [0.717, 1.165) is 35.1 Å². The molecule has 1 amide bonds. The molecule has 5 nitrogen and oxygen atoms in total. The SMILES string of the molecule is CCC[CH]c1ccc(N2c3ccc(C=CC=C4SC(=S)N(CC(=O)O)C4=O)cc3C3CCCC32)cc1. The smallest absolute Gasteiger partial charge is 0.323 e. The molecule has 0 bridgehead atoms. The Labute approximate surface area is 221 Å². The normalized spacial score (nSPS) is 22.2. The van der Waals surface area contributed by atoms with Gasteiger partial charge in [0.25, 0.3) is 5.91 Å². The van der Waals surface area contributed by atoms with Crippen LogP contribution in [-0.2, 0) is 9.59 Å². The van der Waals surface area contributed by atoms with Gasteiger partial charge in [-0.25, -0.2) is 0 Å². The number of hydrogen-bond donors (Lipinski definition) is 1. The molecular weight excluding hydrogens is 488 g/mol. The Morgan fingerprint density at radius 2 is 1.94 bits per heavy atom. The second-order valence-corrected chi connectivity index (χ2v) is 11.1. The number of benzene rings is 2. The summed E-state index contributed by atoms with van der Waals surface area (Å²) in [5.41, 5.74) is 6.31. The van der Waals surface area contributed by atoms with E-state index >= 15 is 0 Å². The van der Waals surface area contributed by atoms with Gasteiger partial charge in [0.1, 0.15) is 10.9 Å². The Kier molecular flexibility index (Phi) is 7.30. The number of thioether (sulfide) groups is 1. The largest absolute Gasteiger partial charge is 0.480 e. The van der Waals surface area contributed by atoms with Gasteiger partial charge in [-0.2, -0.15) is 0 Å². The van der Waals surface area contributed by atoms with Gasteiger partial charge in [0.2, 0.25) is 0 Å². The predicted octanol–water partition coefficient (Wildman–Crippen LogP) is 6.67. The zero-order chi connectivity index (χ0) is 25.2. The summed E-state index contributed by atoms with van der Waals surface area (Å²) in [6.45, 7) is 1.79. The van der Waals surface area contributed by atoms with Crippen LogP contribution in [0.5, 0.6) is 0 Å². The zero-order valence-electron chi connectivity index (χ0n) is 20.2. The van der Waals surface area contributed by atoms with Gasteiger partial charge in [-0.15, -0.1) is 0 Å². The summed E-state index contributed by atoms with van der Waals surface area (Å²) >= 11 is 6.30. The van der Waals surface area contributed by atoms with E-state index in [1.807, 2.05) is 12.2 Å². The van der Waals surface area contributed by atoms with Crippen molar-refractivity contribution in [1.29, 1.82) is 0 Å². The maximum atomic E-state index is 12.5. The Morgan fingerprint density at radius 1 is 1.17 bits per heavy atom. The molecule has 2 aliphatic heterocycles. The lowest BCUT2D eigenvalue weighted by molar-refractivity contribution is -0.140. The number of fused-ring (bicyclic) bond motifs is 3. The number of anilines is 2. The van der Waals surface area contributed by atoms with E-state index in [2.05, 4.69) is 60.7 Å². The molecular formula is C29H29N2O3S2. The highest BCUT2D eigenvalue weighted by Crippen LogP contribution is 2.52. The van der Waals surface area contributed by atoms with E-state index in [4.69, 9.17) is 17.3 Å². The fourth-order valence-electron chi connectivity index (χ4n) is 5.43. The first-order chi connectivity index (χ1) is 17.5. The molecule has 185 valence electrons. The molecule has 7 heteroatoms. The van der Waals surface area contributed by atoms with Crippen LogP contribution >= 0.6 is 24.0 Å². The fourth-order valence-corrected chi connectivity index (χ4v) is 6.64. The van der Waals surface area contributed by atoms with Crippen LogP contribution in [0.15, 0.2) is 59.5 Å². The third kappa shape index (κ3) is 4.87. The number of carbonyl (C=O) groups is 2. The lowest BCUT2D eigenvalue weighted by Crippen LogP contribution is -2.33. The van der Waals surface area contributed by atoms with Gasteiger partial charge in [-0.05, 0) is 72.7 Å². The molecule has 2 aromatic rings. The van der Waals surface area contributed by atoms with Crippen molar-refractivity contribution < 1.29 is 14.7 Å². The zero-order valence-corrected chi connectivity index (χ0v) is 21.9. The van der Waals surface area contributed by atoms with Gasteiger partial charge in [0.05, 0.1) is 4.91 Å². The Morgan fingerprint density at radius 3 is 2.69 bits per heavy atom. The number of hydrogen-bond acceptors (Lipinski definition) is 5. The van der Waals surface area contributed by atoms with Crippen LogP contribution in [-0.4, -0.2) is 38.8 Å². The first kappa shape index (κ1) is 24.8. The molecule has 2 aromatic carbocycles. The molecule has 2 heterocycles. The molecule has 3 aliphatic rings. The predicted molar refractivity (Wildman–Crippen MR) is 150 cm³/mol. The van der Waals surface area contributed by atoms with Crippen molar-refractivity contribution in [3.8, 4) is 0 Å². The maximum absolute atomic E-state index is 12.5. The summed E-state index contributed by atoms with van der Waals surface area (Å²) in [5.74, 6) is -0.896. The summed E-state index contributed by atoms with van der Waals surface area (Å²) in [6.07, 6.45) is 13.8. The van der Waals surface area contributed by atoms with Crippen LogP contribution in [0, 0.1) is 6.42 Å². The number of unbranched alkanes of at least 4 members (excludes halogenated alkanes) is 1. The number of rotatable bonds is 8. The lowest BCUT2D eigenvalue weighted by atomic mass is 9.96. The highest BCUT2D eigenvalue weighted by atomic mass is 32.2. The number of aliphatic carboxylic acids is 1. The third-order valence-electron chi connectivity index (χ3n) is 7.06. The van der Waals surface area contributed by atoms with Crippen molar-refractivity contribution in [2.45, 2.75) is 51.0 Å². The van der Waals surface area contributed by atoms with Crippen molar-refractivity contribution in [3.63, 3.8) is 0 Å². The lowest BCUT2D eigenvalue weighted by Gasteiger charge is -2.27. The molecule has 0 aromatic heterocycles. The quantitative estimate of drug-likeness (QED) is 0.312. The number of thiocarbonyl (C=S) groups is 1. The van der Waals surface area contributed by atoms with E-state index in [1.54, 1.807) is 6.08 Å². The number of allylic oxidation sites excluding steroid dienone is 2. The third-order valence-corrected chi connectivity index (χ3v) is 8.46. The minimum Gasteiger partial charge on any atom is -0.480 e. The molecule has 1 saturated heterocycles. The molecule has 1 saturated carbocycles. The van der Waals surface area contributed by atoms with Crippen LogP contribution in [0.25, 0.3) is 6.08 Å². The van der Waals surface area contributed by atoms with E-state index in [1.165, 1.54) is 41.8 Å². The first-order valence-corrected chi connectivity index (χ1v) is 13.7. The highest BCUT2D eigenvalue weighted by Gasteiger charge is 2.42. The second kappa shape index (κ2) is 10.6. The molecule has 2 unspecified atom stereocenters. The van der Waals surface area contributed by atoms with Gasteiger partial charge in [0, 0.05) is 23.3 Å². The standard InChI is InChI=1S/C29H29N2O3S2/c1-2-3-6-19-11-14-21(15-12-19)31-24-9-5-8-22(24)23-17-20(13-16-25(23)31)7-4-10-26-28(34)30(18-27(32)33)29(35)36-26/h4,6-7,10-17,22,24H,2-3,5,8-9,18H2,1H3,(H,32,33). The topological polar surface area (TPSA) is 60.9 Å². The molecule has 1 aliphatic carbocycles. The van der Waals surface area contributed by atoms with Crippen LogP contribution in [0.4, 0.5) is 11.4 Å². The average molecular weight is 518 g/mol. The minimum atomic E-state index is -1.08. The van der Waals surface area contributed by atoms with Crippen molar-refractivity contribution in [1.82, 2.24) is 4.90 Å². The van der Waals surface area contributed by atoms with E-state index < -0.39 is 12.5 Å². The van der Waals surface area contributed by atoms with E-state index in [-0.39, 0.29) is 10.2 Å². The number of amides is 1. The number of carboxylic acid groups (broad SMARTS) is 1. The Bertz CT molecular complexity index is 1250. The van der Waals surface area contributed by atoms with E-state index in [9.17, 15) is 9.59 Å². The average Bonchev–Trinajstić information content (AvgIpc) is 3.53. The number of nitrogens with zero attached hydrogens (tertiary/aromatic N) is 2. The van der Waals surface area contributed by atoms with Gasteiger partial charge < -0.3 is 10.0 Å². The molecule has 2 atom stereocenters. The van der Waals surface area contributed by atoms with Crippen molar-refractivity contribution >= 4 is 57.6 Å². The van der Waals surface area contributed by atoms with Crippen molar-refractivity contribution in [3.05, 3.63) is 82.6 Å². The molecule has 5 rings (SSSR count). The van der Waals surface area contributed by atoms with Crippen molar-refractivity contribution in [2.75, 3.05) is 11.4 Å². The van der Waals surface area contributed by atoms with Crippen molar-refractivity contribution in [2.24, 2.45) is 0 Å². The number of carboxylic acids is 1. The molecule has 1 radical (unpaired) electrons. The Hall–Kier alpha value is -2.90. The summed E-state index contributed by atoms with van der Waals surface area (Å²) in [4.78, 5) is 27.5. The summed E-state index contributed by atoms with van der Waals surface area (Å²) in [5, 5.41) is 9.00. The first-order valence-electron chi connectivity index (χ1n) is 12.5. The van der Waals surface area contributed by atoms with Gasteiger partial charge in [0.15, 0.2) is 0 Å². The second-order valence-electron chi connectivity index (χ2n) is 9.42.